The van der Waals surface area contributed by atoms with Crippen LogP contribution in [0.5, 0.6) is 0 Å². The van der Waals surface area contributed by atoms with Crippen LogP contribution in [0.15, 0.2) is 0 Å². The summed E-state index contributed by atoms with van der Waals surface area (Å²) in [6.45, 7) is 0.640. The quantitative estimate of drug-likeness (QED) is 0.707. The number of halogens is 3. The van der Waals surface area contributed by atoms with Crippen LogP contribution in [0.4, 0.5) is 8.78 Å². The van der Waals surface area contributed by atoms with Crippen molar-refractivity contribution in [2.24, 2.45) is 5.92 Å². The third-order valence-electron chi connectivity index (χ3n) is 1.96. The first-order valence-corrected chi connectivity index (χ1v) is 3.78. The molecule has 0 aromatic heterocycles. The molecule has 0 aromatic rings. The number of nitrogens with one attached hydrogen (secondary N) is 1. The summed E-state index contributed by atoms with van der Waals surface area (Å²) >= 11 is 0. The van der Waals surface area contributed by atoms with Crippen LogP contribution in [0.3, 0.4) is 0 Å². The van der Waals surface area contributed by atoms with Crippen LogP contribution in [-0.4, -0.2) is 19.5 Å². The van der Waals surface area contributed by atoms with Crippen molar-refractivity contribution in [3.63, 3.8) is 0 Å². The first kappa shape index (κ1) is 11.1. The molecular formula is C7H14ClF2N. The van der Waals surface area contributed by atoms with Crippen molar-refractivity contribution in [3.8, 4) is 0 Å². The minimum atomic E-state index is -2.19. The average molecular weight is 186 g/mol. The zero-order valence-electron chi connectivity index (χ0n) is 6.35. The fraction of sp³-hybridized carbons (Fsp3) is 1.00. The topological polar surface area (TPSA) is 12.0 Å². The summed E-state index contributed by atoms with van der Waals surface area (Å²) in [5.41, 5.74) is 0. The van der Waals surface area contributed by atoms with Gasteiger partial charge in [-0.2, -0.15) is 0 Å². The second kappa shape index (κ2) is 5.72. The van der Waals surface area contributed by atoms with Gasteiger partial charge < -0.3 is 5.32 Å². The van der Waals surface area contributed by atoms with Crippen LogP contribution in [0, 0.1) is 5.92 Å². The van der Waals surface area contributed by atoms with Crippen LogP contribution in [-0.2, 0) is 0 Å². The number of rotatable bonds is 4. The van der Waals surface area contributed by atoms with Gasteiger partial charge in [-0.15, -0.1) is 12.4 Å². The van der Waals surface area contributed by atoms with E-state index in [1.54, 1.807) is 0 Å². The lowest BCUT2D eigenvalue weighted by Crippen LogP contribution is -2.30. The second-order valence-corrected chi connectivity index (χ2v) is 2.85. The van der Waals surface area contributed by atoms with Crippen molar-refractivity contribution in [1.82, 2.24) is 5.32 Å². The zero-order chi connectivity index (χ0) is 7.40. The molecule has 1 saturated carbocycles. The monoisotopic (exact) mass is 185 g/mol. The van der Waals surface area contributed by atoms with Crippen LogP contribution >= 0.6 is 12.4 Å². The van der Waals surface area contributed by atoms with Crippen LogP contribution in [0.1, 0.15) is 19.3 Å². The number of hydrogen-bond acceptors (Lipinski definition) is 1. The minimum absolute atomic E-state index is 0. The first-order valence-electron chi connectivity index (χ1n) is 3.78. The molecular weight excluding hydrogens is 172 g/mol. The lowest BCUT2D eigenvalue weighted by molar-refractivity contribution is 0.141. The maximum Gasteiger partial charge on any atom is 0.250 e. The van der Waals surface area contributed by atoms with Crippen molar-refractivity contribution in [3.05, 3.63) is 0 Å². The van der Waals surface area contributed by atoms with Crippen molar-refractivity contribution in [2.75, 3.05) is 13.1 Å². The van der Waals surface area contributed by atoms with Crippen molar-refractivity contribution in [1.29, 1.82) is 0 Å². The molecule has 11 heavy (non-hydrogen) atoms. The van der Waals surface area contributed by atoms with Crippen LogP contribution in [0.2, 0.25) is 0 Å². The smallest absolute Gasteiger partial charge is 0.250 e. The average Bonchev–Trinajstić information content (AvgIpc) is 1.75. The molecule has 1 aliphatic rings. The highest BCUT2D eigenvalue weighted by molar-refractivity contribution is 5.85. The first-order chi connectivity index (χ1) is 4.79. The summed E-state index contributed by atoms with van der Waals surface area (Å²) < 4.78 is 23.1. The lowest BCUT2D eigenvalue weighted by Gasteiger charge is -2.25. The molecule has 0 aromatic carbocycles. The maximum atomic E-state index is 11.5. The summed E-state index contributed by atoms with van der Waals surface area (Å²) in [5.74, 6) is 0.679. The van der Waals surface area contributed by atoms with E-state index in [0.717, 1.165) is 6.54 Å². The summed E-state index contributed by atoms with van der Waals surface area (Å²) in [6, 6.07) is 0. The Balaban J connectivity index is 0.000001000. The van der Waals surface area contributed by atoms with E-state index in [1.807, 2.05) is 0 Å². The molecule has 1 aliphatic carbocycles. The molecule has 0 aliphatic heterocycles. The molecule has 68 valence electrons. The molecule has 1 rings (SSSR count). The summed E-state index contributed by atoms with van der Waals surface area (Å²) in [4.78, 5) is 0. The minimum Gasteiger partial charge on any atom is -0.311 e. The Hall–Kier alpha value is 0.110. The molecule has 1 fully saturated rings. The third-order valence-corrected chi connectivity index (χ3v) is 1.96. The molecule has 0 unspecified atom stereocenters. The molecule has 0 radical (unpaired) electrons. The van der Waals surface area contributed by atoms with E-state index in [-0.39, 0.29) is 19.0 Å². The largest absolute Gasteiger partial charge is 0.311 e. The highest BCUT2D eigenvalue weighted by Crippen LogP contribution is 2.24. The van der Waals surface area contributed by atoms with Gasteiger partial charge in [-0.1, -0.05) is 6.42 Å². The maximum absolute atomic E-state index is 11.5. The van der Waals surface area contributed by atoms with E-state index in [4.69, 9.17) is 0 Å². The number of alkyl halides is 2. The van der Waals surface area contributed by atoms with Gasteiger partial charge in [0.05, 0.1) is 6.54 Å². The normalized spacial score (nSPS) is 17.7. The van der Waals surface area contributed by atoms with E-state index < -0.39 is 6.43 Å². The van der Waals surface area contributed by atoms with Crippen molar-refractivity contribution >= 4 is 12.4 Å². The van der Waals surface area contributed by atoms with Gasteiger partial charge in [0.1, 0.15) is 0 Å². The predicted octanol–water partition coefficient (Wildman–Crippen LogP) is 2.06. The molecule has 0 atom stereocenters. The van der Waals surface area contributed by atoms with Gasteiger partial charge in [-0.05, 0) is 25.3 Å². The van der Waals surface area contributed by atoms with Gasteiger partial charge in [-0.3, -0.25) is 0 Å². The Kier molecular flexibility index (Phi) is 5.78. The highest BCUT2D eigenvalue weighted by Gasteiger charge is 2.16. The van der Waals surface area contributed by atoms with Gasteiger partial charge in [0, 0.05) is 0 Å². The van der Waals surface area contributed by atoms with Crippen molar-refractivity contribution < 1.29 is 8.78 Å². The molecule has 4 heteroatoms. The van der Waals surface area contributed by atoms with Gasteiger partial charge in [0.2, 0.25) is 0 Å². The Bertz CT molecular complexity index is 96.4. The Morgan fingerprint density at radius 1 is 1.36 bits per heavy atom. The van der Waals surface area contributed by atoms with Gasteiger partial charge in [-0.25, -0.2) is 8.78 Å². The Morgan fingerprint density at radius 2 is 2.00 bits per heavy atom. The molecule has 0 bridgehead atoms. The molecule has 0 spiro atoms. The van der Waals surface area contributed by atoms with Gasteiger partial charge in [0.15, 0.2) is 0 Å². The fourth-order valence-corrected chi connectivity index (χ4v) is 1.09. The molecule has 0 saturated heterocycles. The third kappa shape index (κ3) is 4.53. The van der Waals surface area contributed by atoms with E-state index in [0.29, 0.717) is 5.92 Å². The lowest BCUT2D eigenvalue weighted by atomic mass is 9.85. The Labute approximate surface area is 72.0 Å². The van der Waals surface area contributed by atoms with Crippen molar-refractivity contribution in [2.45, 2.75) is 25.7 Å². The highest BCUT2D eigenvalue weighted by atomic mass is 35.5. The van der Waals surface area contributed by atoms with E-state index in [9.17, 15) is 8.78 Å². The number of hydrogen-bond donors (Lipinski definition) is 1. The molecule has 1 N–H and O–H groups in total. The van der Waals surface area contributed by atoms with Crippen LogP contribution < -0.4 is 5.32 Å². The molecule has 0 amide bonds. The fourth-order valence-electron chi connectivity index (χ4n) is 1.09. The predicted molar refractivity (Wildman–Crippen MR) is 43.5 cm³/mol. The molecule has 0 heterocycles. The van der Waals surface area contributed by atoms with Crippen LogP contribution in [0.25, 0.3) is 0 Å². The van der Waals surface area contributed by atoms with E-state index >= 15 is 0 Å². The van der Waals surface area contributed by atoms with Gasteiger partial charge in [0.25, 0.3) is 6.43 Å². The zero-order valence-corrected chi connectivity index (χ0v) is 7.17. The van der Waals surface area contributed by atoms with Gasteiger partial charge >= 0.3 is 0 Å². The standard InChI is InChI=1S/C7H13F2N.ClH/c8-7(9)5-10-4-6-2-1-3-6;/h6-7,10H,1-5H2;1H. The summed E-state index contributed by atoms with van der Waals surface area (Å²) in [7, 11) is 0. The summed E-state index contributed by atoms with van der Waals surface area (Å²) in [6.07, 6.45) is 1.52. The van der Waals surface area contributed by atoms with E-state index in [2.05, 4.69) is 5.32 Å². The summed E-state index contributed by atoms with van der Waals surface area (Å²) in [5, 5.41) is 2.74. The Morgan fingerprint density at radius 3 is 2.36 bits per heavy atom. The molecule has 1 nitrogen and oxygen atoms in total. The van der Waals surface area contributed by atoms with E-state index in [1.165, 1.54) is 19.3 Å². The SMILES string of the molecule is Cl.FC(F)CNCC1CCC1. The second-order valence-electron chi connectivity index (χ2n) is 2.85.